The molecule has 0 bridgehead atoms. The van der Waals surface area contributed by atoms with Crippen molar-refractivity contribution in [2.24, 2.45) is 5.92 Å². The molecule has 0 saturated heterocycles. The van der Waals surface area contributed by atoms with Gasteiger partial charge < -0.3 is 10.2 Å². The fourth-order valence-corrected chi connectivity index (χ4v) is 2.33. The van der Waals surface area contributed by atoms with Crippen molar-refractivity contribution in [3.05, 3.63) is 34.9 Å². The highest BCUT2D eigenvalue weighted by Gasteiger charge is 2.20. The number of hydrogen-bond acceptors (Lipinski definition) is 2. The third-order valence-electron chi connectivity index (χ3n) is 3.48. The lowest BCUT2D eigenvalue weighted by molar-refractivity contribution is -0.131. The maximum Gasteiger partial charge on any atom is 0.239 e. The van der Waals surface area contributed by atoms with Gasteiger partial charge in [0.2, 0.25) is 5.91 Å². The fraction of sp³-hybridized carbons (Fsp3) is 0.588. The Morgan fingerprint density at radius 1 is 1.25 bits per heavy atom. The largest absolute Gasteiger partial charge is 0.347 e. The average Bonchev–Trinajstić information content (AvgIpc) is 2.34. The van der Waals surface area contributed by atoms with Gasteiger partial charge in [0.1, 0.15) is 0 Å². The molecule has 0 aliphatic heterocycles. The van der Waals surface area contributed by atoms with Gasteiger partial charge in [-0.3, -0.25) is 4.79 Å². The van der Waals surface area contributed by atoms with E-state index in [9.17, 15) is 4.79 Å². The Hall–Kier alpha value is -1.35. The molecule has 0 saturated carbocycles. The van der Waals surface area contributed by atoms with Crippen molar-refractivity contribution < 1.29 is 4.79 Å². The first kappa shape index (κ1) is 16.7. The third-order valence-corrected chi connectivity index (χ3v) is 3.48. The maximum absolute atomic E-state index is 12.2. The second-order valence-corrected chi connectivity index (χ2v) is 6.23. The normalized spacial score (nSPS) is 12.6. The Morgan fingerprint density at radius 3 is 2.40 bits per heavy atom. The Morgan fingerprint density at radius 2 is 1.90 bits per heavy atom. The van der Waals surface area contributed by atoms with E-state index in [-0.39, 0.29) is 11.9 Å². The third kappa shape index (κ3) is 4.97. The van der Waals surface area contributed by atoms with E-state index in [1.54, 1.807) is 4.90 Å². The van der Waals surface area contributed by atoms with Crippen LogP contribution < -0.4 is 5.32 Å². The number of carbonyl (C=O) groups excluding carboxylic acids is 1. The summed E-state index contributed by atoms with van der Waals surface area (Å²) in [6, 6.07) is 6.34. The van der Waals surface area contributed by atoms with Gasteiger partial charge in [-0.25, -0.2) is 0 Å². The number of nitrogens with one attached hydrogen (secondary N) is 1. The number of aryl methyl sites for hydroxylation is 2. The van der Waals surface area contributed by atoms with Gasteiger partial charge in [-0.15, -0.1) is 0 Å². The van der Waals surface area contributed by atoms with Crippen molar-refractivity contribution in [1.29, 1.82) is 0 Å². The summed E-state index contributed by atoms with van der Waals surface area (Å²) in [4.78, 5) is 13.9. The van der Waals surface area contributed by atoms with Crippen LogP contribution in [0.1, 0.15) is 37.0 Å². The zero-order valence-electron chi connectivity index (χ0n) is 13.7. The van der Waals surface area contributed by atoms with Gasteiger partial charge in [0.05, 0.1) is 6.04 Å². The lowest BCUT2D eigenvalue weighted by Crippen LogP contribution is -2.44. The van der Waals surface area contributed by atoms with Gasteiger partial charge in [0.25, 0.3) is 0 Å². The number of hydrogen-bond donors (Lipinski definition) is 1. The van der Waals surface area contributed by atoms with Gasteiger partial charge in [-0.1, -0.05) is 37.6 Å². The highest BCUT2D eigenvalue weighted by molar-refractivity contribution is 5.81. The standard InChI is InChI=1S/C17H28N2O/c1-12(2)9-16(17(20)19(5)6)18-11-15-8-7-13(3)10-14(15)4/h7-8,10,12,16,18H,9,11H2,1-6H3. The summed E-state index contributed by atoms with van der Waals surface area (Å²) in [7, 11) is 3.63. The maximum atomic E-state index is 12.2. The number of carbonyl (C=O) groups is 1. The van der Waals surface area contributed by atoms with Crippen LogP contribution in [0, 0.1) is 19.8 Å². The van der Waals surface area contributed by atoms with E-state index in [0.717, 1.165) is 13.0 Å². The predicted octanol–water partition coefficient (Wildman–Crippen LogP) is 2.90. The van der Waals surface area contributed by atoms with E-state index in [4.69, 9.17) is 0 Å². The quantitative estimate of drug-likeness (QED) is 0.866. The summed E-state index contributed by atoms with van der Waals surface area (Å²) >= 11 is 0. The Labute approximate surface area is 123 Å². The lowest BCUT2D eigenvalue weighted by Gasteiger charge is -2.23. The van der Waals surface area contributed by atoms with Crippen molar-refractivity contribution in [1.82, 2.24) is 10.2 Å². The molecule has 0 heterocycles. The van der Waals surface area contributed by atoms with E-state index >= 15 is 0 Å². The topological polar surface area (TPSA) is 32.3 Å². The van der Waals surface area contributed by atoms with Gasteiger partial charge in [0, 0.05) is 20.6 Å². The Balaban J connectivity index is 2.72. The van der Waals surface area contributed by atoms with E-state index in [2.05, 4.69) is 51.2 Å². The minimum absolute atomic E-state index is 0.106. The molecule has 0 aliphatic rings. The molecule has 20 heavy (non-hydrogen) atoms. The highest BCUT2D eigenvalue weighted by Crippen LogP contribution is 2.12. The number of nitrogens with zero attached hydrogens (tertiary/aromatic N) is 1. The Kier molecular flexibility index (Phi) is 6.21. The summed E-state index contributed by atoms with van der Waals surface area (Å²) in [5.41, 5.74) is 3.81. The summed E-state index contributed by atoms with van der Waals surface area (Å²) in [5.74, 6) is 0.652. The molecule has 1 atom stereocenters. The molecular formula is C17H28N2O. The molecule has 1 N–H and O–H groups in total. The number of likely N-dealkylation sites (N-methyl/N-ethyl adjacent to an activating group) is 1. The molecule has 0 aliphatic carbocycles. The van der Waals surface area contributed by atoms with Crippen LogP contribution in [0.2, 0.25) is 0 Å². The molecule has 112 valence electrons. The summed E-state index contributed by atoms with van der Waals surface area (Å²) in [6.07, 6.45) is 0.863. The fourth-order valence-electron chi connectivity index (χ4n) is 2.33. The van der Waals surface area contributed by atoms with Crippen LogP contribution in [0.3, 0.4) is 0 Å². The van der Waals surface area contributed by atoms with Gasteiger partial charge in [0.15, 0.2) is 0 Å². The smallest absolute Gasteiger partial charge is 0.239 e. The van der Waals surface area contributed by atoms with E-state index in [1.165, 1.54) is 16.7 Å². The SMILES string of the molecule is Cc1ccc(CNC(CC(C)C)C(=O)N(C)C)c(C)c1. The average molecular weight is 276 g/mol. The molecule has 0 spiro atoms. The van der Waals surface area contributed by atoms with Gasteiger partial charge >= 0.3 is 0 Å². The minimum atomic E-state index is -0.106. The van der Waals surface area contributed by atoms with E-state index < -0.39 is 0 Å². The van der Waals surface area contributed by atoms with Gasteiger partial charge in [-0.05, 0) is 37.3 Å². The molecular weight excluding hydrogens is 248 g/mol. The molecule has 0 radical (unpaired) electrons. The van der Waals surface area contributed by atoms with Crippen molar-refractivity contribution in [2.45, 2.75) is 46.7 Å². The Bertz CT molecular complexity index is 452. The second-order valence-electron chi connectivity index (χ2n) is 6.23. The van der Waals surface area contributed by atoms with Crippen LogP contribution in [-0.4, -0.2) is 30.9 Å². The predicted molar refractivity (Wildman–Crippen MR) is 84.7 cm³/mol. The zero-order chi connectivity index (χ0) is 15.3. The van der Waals surface area contributed by atoms with Crippen LogP contribution in [0.5, 0.6) is 0 Å². The van der Waals surface area contributed by atoms with Crippen molar-refractivity contribution in [3.8, 4) is 0 Å². The van der Waals surface area contributed by atoms with Crippen LogP contribution in [0.15, 0.2) is 18.2 Å². The van der Waals surface area contributed by atoms with Crippen LogP contribution >= 0.6 is 0 Å². The second kappa shape index (κ2) is 7.44. The zero-order valence-corrected chi connectivity index (χ0v) is 13.7. The molecule has 1 rings (SSSR count). The van der Waals surface area contributed by atoms with Crippen molar-refractivity contribution in [2.75, 3.05) is 14.1 Å². The van der Waals surface area contributed by atoms with E-state index in [0.29, 0.717) is 5.92 Å². The number of rotatable bonds is 6. The molecule has 0 aromatic heterocycles. The molecule has 0 fully saturated rings. The molecule has 1 aromatic carbocycles. The van der Waals surface area contributed by atoms with Crippen LogP contribution in [0.4, 0.5) is 0 Å². The van der Waals surface area contributed by atoms with E-state index in [1.807, 2.05) is 14.1 Å². The first-order valence-electron chi connectivity index (χ1n) is 7.32. The molecule has 3 heteroatoms. The summed E-state index contributed by atoms with van der Waals surface area (Å²) in [5, 5.41) is 3.42. The molecule has 3 nitrogen and oxygen atoms in total. The van der Waals surface area contributed by atoms with Crippen LogP contribution in [0.25, 0.3) is 0 Å². The van der Waals surface area contributed by atoms with Gasteiger partial charge in [-0.2, -0.15) is 0 Å². The lowest BCUT2D eigenvalue weighted by atomic mass is 10.0. The molecule has 1 aromatic rings. The minimum Gasteiger partial charge on any atom is -0.347 e. The molecule has 1 amide bonds. The van der Waals surface area contributed by atoms with Crippen molar-refractivity contribution >= 4 is 5.91 Å². The monoisotopic (exact) mass is 276 g/mol. The summed E-state index contributed by atoms with van der Waals surface area (Å²) < 4.78 is 0. The number of benzene rings is 1. The van der Waals surface area contributed by atoms with Crippen LogP contribution in [-0.2, 0) is 11.3 Å². The first-order chi connectivity index (χ1) is 9.31. The first-order valence-corrected chi connectivity index (χ1v) is 7.32. The molecule has 1 unspecified atom stereocenters. The van der Waals surface area contributed by atoms with Crippen molar-refractivity contribution in [3.63, 3.8) is 0 Å². The highest BCUT2D eigenvalue weighted by atomic mass is 16.2. The number of amides is 1. The summed E-state index contributed by atoms with van der Waals surface area (Å²) in [6.45, 7) is 9.25.